The number of halogens is 3. The third-order valence-electron chi connectivity index (χ3n) is 2.05. The molecular weight excluding hydrogens is 221 g/mol. The average Bonchev–Trinajstić information content (AvgIpc) is 2.24. The molecule has 88 valence electrons. The molecule has 0 bridgehead atoms. The minimum atomic E-state index is -4.31. The molecule has 0 unspecified atom stereocenters. The molecular formula is C11H11F3O2. The van der Waals surface area contributed by atoms with Gasteiger partial charge in [-0.15, -0.1) is 0 Å². The predicted molar refractivity (Wildman–Crippen MR) is 51.8 cm³/mol. The lowest BCUT2D eigenvalue weighted by Crippen LogP contribution is -2.05. The standard InChI is InChI=1S/C11H11F3O2/c12-11(13,14)10-5-1-3-9(7-10)4-2-6-16-8-15/h1,3,5,7-8H,2,4,6H2. The van der Waals surface area contributed by atoms with Gasteiger partial charge in [0.15, 0.2) is 0 Å². The van der Waals surface area contributed by atoms with Gasteiger partial charge in [0.25, 0.3) is 6.47 Å². The second kappa shape index (κ2) is 5.53. The number of rotatable bonds is 5. The van der Waals surface area contributed by atoms with Gasteiger partial charge in [-0.25, -0.2) is 0 Å². The Kier molecular flexibility index (Phi) is 4.34. The number of aryl methyl sites for hydroxylation is 1. The zero-order valence-corrected chi connectivity index (χ0v) is 8.46. The topological polar surface area (TPSA) is 26.3 Å². The number of hydrogen-bond donors (Lipinski definition) is 0. The van der Waals surface area contributed by atoms with E-state index < -0.39 is 11.7 Å². The van der Waals surface area contributed by atoms with Gasteiger partial charge in [-0.1, -0.05) is 18.2 Å². The second-order valence-electron chi connectivity index (χ2n) is 3.27. The Labute approximate surface area is 91.0 Å². The highest BCUT2D eigenvalue weighted by Gasteiger charge is 2.30. The molecule has 5 heteroatoms. The van der Waals surface area contributed by atoms with Gasteiger partial charge in [0.1, 0.15) is 0 Å². The Morgan fingerprint density at radius 2 is 2.06 bits per heavy atom. The van der Waals surface area contributed by atoms with Crippen molar-refractivity contribution in [1.29, 1.82) is 0 Å². The van der Waals surface area contributed by atoms with E-state index in [0.29, 0.717) is 24.9 Å². The monoisotopic (exact) mass is 232 g/mol. The van der Waals surface area contributed by atoms with Crippen LogP contribution in [0.25, 0.3) is 0 Å². The molecule has 16 heavy (non-hydrogen) atoms. The molecule has 0 aliphatic carbocycles. The minimum Gasteiger partial charge on any atom is -0.468 e. The third kappa shape index (κ3) is 3.92. The van der Waals surface area contributed by atoms with E-state index in [1.54, 1.807) is 6.07 Å². The molecule has 0 aliphatic rings. The highest BCUT2D eigenvalue weighted by atomic mass is 19.4. The van der Waals surface area contributed by atoms with Crippen molar-refractivity contribution in [2.45, 2.75) is 19.0 Å². The van der Waals surface area contributed by atoms with Gasteiger partial charge in [-0.05, 0) is 24.5 Å². The number of carbonyl (C=O) groups excluding carboxylic acids is 1. The molecule has 0 amide bonds. The summed E-state index contributed by atoms with van der Waals surface area (Å²) in [5.41, 5.74) is -0.0642. The molecule has 0 fully saturated rings. The zero-order valence-electron chi connectivity index (χ0n) is 8.46. The van der Waals surface area contributed by atoms with E-state index in [1.807, 2.05) is 0 Å². The van der Waals surface area contributed by atoms with Crippen molar-refractivity contribution < 1.29 is 22.7 Å². The van der Waals surface area contributed by atoms with Gasteiger partial charge in [0, 0.05) is 0 Å². The summed E-state index contributed by atoms with van der Waals surface area (Å²) in [7, 11) is 0. The van der Waals surface area contributed by atoms with E-state index in [-0.39, 0.29) is 6.61 Å². The maximum Gasteiger partial charge on any atom is 0.416 e. The average molecular weight is 232 g/mol. The summed E-state index contributed by atoms with van der Waals surface area (Å²) in [5.74, 6) is 0. The maximum absolute atomic E-state index is 12.3. The molecule has 1 rings (SSSR count). The first kappa shape index (κ1) is 12.5. The Balaban J connectivity index is 2.57. The van der Waals surface area contributed by atoms with Gasteiger partial charge in [-0.3, -0.25) is 4.79 Å². The van der Waals surface area contributed by atoms with E-state index >= 15 is 0 Å². The van der Waals surface area contributed by atoms with Crippen LogP contribution in [-0.2, 0) is 22.1 Å². The summed E-state index contributed by atoms with van der Waals surface area (Å²) < 4.78 is 41.5. The van der Waals surface area contributed by atoms with Gasteiger partial charge < -0.3 is 4.74 Å². The van der Waals surface area contributed by atoms with Crippen LogP contribution in [0.2, 0.25) is 0 Å². The van der Waals surface area contributed by atoms with Gasteiger partial charge in [0.2, 0.25) is 0 Å². The lowest BCUT2D eigenvalue weighted by Gasteiger charge is -2.08. The second-order valence-corrected chi connectivity index (χ2v) is 3.27. The molecule has 0 spiro atoms. The molecule has 0 atom stereocenters. The van der Waals surface area contributed by atoms with E-state index in [0.717, 1.165) is 12.1 Å². The van der Waals surface area contributed by atoms with Crippen molar-refractivity contribution in [2.24, 2.45) is 0 Å². The summed E-state index contributed by atoms with van der Waals surface area (Å²) in [6.45, 7) is 0.548. The number of alkyl halides is 3. The summed E-state index contributed by atoms with van der Waals surface area (Å²) in [6, 6.07) is 5.14. The lowest BCUT2D eigenvalue weighted by molar-refractivity contribution is -0.137. The number of benzene rings is 1. The molecule has 2 nitrogen and oxygen atoms in total. The highest BCUT2D eigenvalue weighted by molar-refractivity contribution is 5.36. The normalized spacial score (nSPS) is 11.2. The maximum atomic E-state index is 12.3. The molecule has 0 saturated heterocycles. The number of ether oxygens (including phenoxy) is 1. The fraction of sp³-hybridized carbons (Fsp3) is 0.364. The van der Waals surface area contributed by atoms with Crippen molar-refractivity contribution in [3.8, 4) is 0 Å². The van der Waals surface area contributed by atoms with Crippen molar-refractivity contribution in [1.82, 2.24) is 0 Å². The van der Waals surface area contributed by atoms with Crippen LogP contribution in [-0.4, -0.2) is 13.1 Å². The van der Waals surface area contributed by atoms with Crippen LogP contribution < -0.4 is 0 Å². The van der Waals surface area contributed by atoms with Crippen LogP contribution in [0.15, 0.2) is 24.3 Å². The summed E-state index contributed by atoms with van der Waals surface area (Å²) in [6.07, 6.45) is -3.34. The molecule has 0 heterocycles. The van der Waals surface area contributed by atoms with E-state index in [1.165, 1.54) is 6.07 Å². The van der Waals surface area contributed by atoms with Crippen molar-refractivity contribution in [3.63, 3.8) is 0 Å². The fourth-order valence-corrected chi connectivity index (χ4v) is 1.31. The van der Waals surface area contributed by atoms with Crippen LogP contribution in [0, 0.1) is 0 Å². The SMILES string of the molecule is O=COCCCc1cccc(C(F)(F)F)c1. The fourth-order valence-electron chi connectivity index (χ4n) is 1.31. The molecule has 1 aromatic carbocycles. The first-order valence-corrected chi connectivity index (χ1v) is 4.75. The first-order chi connectivity index (χ1) is 7.54. The molecule has 0 aromatic heterocycles. The van der Waals surface area contributed by atoms with Crippen LogP contribution in [0.1, 0.15) is 17.5 Å². The lowest BCUT2D eigenvalue weighted by atomic mass is 10.1. The van der Waals surface area contributed by atoms with Crippen molar-refractivity contribution in [2.75, 3.05) is 6.61 Å². The predicted octanol–water partition coefficient (Wildman–Crippen LogP) is 2.81. The van der Waals surface area contributed by atoms with Crippen LogP contribution in [0.3, 0.4) is 0 Å². The molecule has 0 saturated carbocycles. The summed E-state index contributed by atoms with van der Waals surface area (Å²) in [5, 5.41) is 0. The Morgan fingerprint density at radius 3 is 2.69 bits per heavy atom. The van der Waals surface area contributed by atoms with Crippen molar-refractivity contribution in [3.05, 3.63) is 35.4 Å². The third-order valence-corrected chi connectivity index (χ3v) is 2.05. The van der Waals surface area contributed by atoms with Crippen molar-refractivity contribution >= 4 is 6.47 Å². The first-order valence-electron chi connectivity index (χ1n) is 4.75. The molecule has 0 N–H and O–H groups in total. The zero-order chi connectivity index (χ0) is 12.0. The number of hydrogen-bond acceptors (Lipinski definition) is 2. The largest absolute Gasteiger partial charge is 0.468 e. The van der Waals surface area contributed by atoms with Crippen LogP contribution in [0.5, 0.6) is 0 Å². The molecule has 0 aliphatic heterocycles. The van der Waals surface area contributed by atoms with E-state index in [4.69, 9.17) is 0 Å². The summed E-state index contributed by atoms with van der Waals surface area (Å²) in [4.78, 5) is 9.83. The molecule has 1 aromatic rings. The molecule has 0 radical (unpaired) electrons. The highest BCUT2D eigenvalue weighted by Crippen LogP contribution is 2.29. The smallest absolute Gasteiger partial charge is 0.416 e. The van der Waals surface area contributed by atoms with Gasteiger partial charge in [-0.2, -0.15) is 13.2 Å². The Hall–Kier alpha value is -1.52. The van der Waals surface area contributed by atoms with E-state index in [9.17, 15) is 18.0 Å². The quantitative estimate of drug-likeness (QED) is 0.576. The van der Waals surface area contributed by atoms with Gasteiger partial charge >= 0.3 is 6.18 Å². The minimum absolute atomic E-state index is 0.222. The van der Waals surface area contributed by atoms with Crippen LogP contribution >= 0.6 is 0 Å². The van der Waals surface area contributed by atoms with E-state index in [2.05, 4.69) is 4.74 Å². The Morgan fingerprint density at radius 1 is 1.31 bits per heavy atom. The summed E-state index contributed by atoms with van der Waals surface area (Å²) >= 11 is 0. The Bertz CT molecular complexity index is 347. The van der Waals surface area contributed by atoms with Gasteiger partial charge in [0.05, 0.1) is 12.2 Å². The number of carbonyl (C=O) groups is 1. The van der Waals surface area contributed by atoms with Crippen LogP contribution in [0.4, 0.5) is 13.2 Å².